The molecule has 0 saturated carbocycles. The molecular formula is C19H17N3O2. The molecule has 1 N–H and O–H groups in total. The van der Waals surface area contributed by atoms with Gasteiger partial charge in [-0.15, -0.1) is 0 Å². The number of hydrogen-bond donors (Lipinski definition) is 1. The molecule has 24 heavy (non-hydrogen) atoms. The average molecular weight is 319 g/mol. The largest absolute Gasteiger partial charge is 0.473 e. The van der Waals surface area contributed by atoms with Crippen molar-refractivity contribution in [1.29, 1.82) is 0 Å². The summed E-state index contributed by atoms with van der Waals surface area (Å²) in [5, 5.41) is 2.79. The zero-order valence-electron chi connectivity index (χ0n) is 13.3. The van der Waals surface area contributed by atoms with Crippen LogP contribution in [-0.4, -0.2) is 15.9 Å². The van der Waals surface area contributed by atoms with Gasteiger partial charge in [-0.25, -0.2) is 9.97 Å². The van der Waals surface area contributed by atoms with Gasteiger partial charge in [0, 0.05) is 24.0 Å². The van der Waals surface area contributed by atoms with E-state index in [2.05, 4.69) is 15.3 Å². The molecule has 0 aliphatic carbocycles. The lowest BCUT2D eigenvalue weighted by molar-refractivity contribution is 0.102. The number of nitrogens with zero attached hydrogens (tertiary/aromatic N) is 2. The summed E-state index contributed by atoms with van der Waals surface area (Å²) in [6.45, 7) is 2.29. The van der Waals surface area contributed by atoms with E-state index in [1.165, 1.54) is 0 Å². The van der Waals surface area contributed by atoms with Crippen LogP contribution in [0, 0.1) is 6.92 Å². The van der Waals surface area contributed by atoms with E-state index in [1.54, 1.807) is 24.5 Å². The van der Waals surface area contributed by atoms with Crippen LogP contribution in [-0.2, 0) is 6.61 Å². The summed E-state index contributed by atoms with van der Waals surface area (Å²) in [7, 11) is 0. The number of aryl methyl sites for hydroxylation is 1. The number of carbonyl (C=O) groups excluding carboxylic acids is 1. The number of rotatable bonds is 5. The molecular weight excluding hydrogens is 302 g/mol. The number of ether oxygens (including phenoxy) is 1. The normalized spacial score (nSPS) is 10.2. The first-order chi connectivity index (χ1) is 11.7. The van der Waals surface area contributed by atoms with Crippen molar-refractivity contribution >= 4 is 11.7 Å². The Morgan fingerprint density at radius 3 is 2.67 bits per heavy atom. The van der Waals surface area contributed by atoms with Crippen molar-refractivity contribution in [3.63, 3.8) is 0 Å². The second kappa shape index (κ2) is 7.37. The highest BCUT2D eigenvalue weighted by atomic mass is 16.5. The zero-order chi connectivity index (χ0) is 16.8. The standard InChI is InChI=1S/C19H17N3O2/c1-14-6-5-10-21-18(14)22-19(23)16-9-11-20-17(12-16)24-13-15-7-3-2-4-8-15/h2-12H,13H2,1H3,(H,21,22,23). The van der Waals surface area contributed by atoms with Crippen LogP contribution in [0.15, 0.2) is 67.0 Å². The van der Waals surface area contributed by atoms with E-state index in [9.17, 15) is 4.79 Å². The molecule has 0 spiro atoms. The summed E-state index contributed by atoms with van der Waals surface area (Å²) in [4.78, 5) is 20.7. The van der Waals surface area contributed by atoms with Gasteiger partial charge in [0.15, 0.2) is 0 Å². The highest BCUT2D eigenvalue weighted by Crippen LogP contribution is 2.15. The van der Waals surface area contributed by atoms with Gasteiger partial charge in [0.05, 0.1) is 0 Å². The Labute approximate surface area is 140 Å². The van der Waals surface area contributed by atoms with Gasteiger partial charge in [-0.1, -0.05) is 36.4 Å². The molecule has 1 aromatic carbocycles. The molecule has 0 fully saturated rings. The fraction of sp³-hybridized carbons (Fsp3) is 0.105. The van der Waals surface area contributed by atoms with E-state index in [4.69, 9.17) is 4.74 Å². The lowest BCUT2D eigenvalue weighted by Gasteiger charge is -2.09. The predicted octanol–water partition coefficient (Wildman–Crippen LogP) is 3.62. The van der Waals surface area contributed by atoms with Crippen molar-refractivity contribution in [3.05, 3.63) is 83.7 Å². The number of anilines is 1. The molecule has 5 nitrogen and oxygen atoms in total. The third kappa shape index (κ3) is 3.95. The number of carbonyl (C=O) groups is 1. The van der Waals surface area contributed by atoms with Crippen molar-refractivity contribution in [2.75, 3.05) is 5.32 Å². The van der Waals surface area contributed by atoms with Crippen molar-refractivity contribution in [2.45, 2.75) is 13.5 Å². The van der Waals surface area contributed by atoms with Gasteiger partial charge in [-0.2, -0.15) is 0 Å². The van der Waals surface area contributed by atoms with Crippen LogP contribution in [0.5, 0.6) is 5.88 Å². The van der Waals surface area contributed by atoms with Crippen LogP contribution < -0.4 is 10.1 Å². The SMILES string of the molecule is Cc1cccnc1NC(=O)c1ccnc(OCc2ccccc2)c1. The van der Waals surface area contributed by atoms with Gasteiger partial charge in [0.25, 0.3) is 5.91 Å². The number of nitrogens with one attached hydrogen (secondary N) is 1. The van der Waals surface area contributed by atoms with Gasteiger partial charge in [0.1, 0.15) is 12.4 Å². The second-order valence-electron chi connectivity index (χ2n) is 5.28. The Kier molecular flexibility index (Phi) is 4.81. The molecule has 2 aromatic heterocycles. The van der Waals surface area contributed by atoms with Gasteiger partial charge >= 0.3 is 0 Å². The second-order valence-corrected chi connectivity index (χ2v) is 5.28. The van der Waals surface area contributed by atoms with Crippen LogP contribution in [0.4, 0.5) is 5.82 Å². The van der Waals surface area contributed by atoms with Crippen LogP contribution >= 0.6 is 0 Å². The molecule has 0 aliphatic rings. The fourth-order valence-corrected chi connectivity index (χ4v) is 2.16. The van der Waals surface area contributed by atoms with Gasteiger partial charge in [-0.3, -0.25) is 4.79 Å². The third-order valence-electron chi connectivity index (χ3n) is 3.47. The number of amides is 1. The van der Waals surface area contributed by atoms with Crippen LogP contribution in [0.2, 0.25) is 0 Å². The Hall–Kier alpha value is -3.21. The quantitative estimate of drug-likeness (QED) is 0.780. The molecule has 0 radical (unpaired) electrons. The van der Waals surface area contributed by atoms with Crippen molar-refractivity contribution in [2.24, 2.45) is 0 Å². The molecule has 0 saturated heterocycles. The van der Waals surface area contributed by atoms with Crippen molar-refractivity contribution < 1.29 is 9.53 Å². The number of hydrogen-bond acceptors (Lipinski definition) is 4. The first-order valence-corrected chi connectivity index (χ1v) is 7.58. The van der Waals surface area contributed by atoms with Gasteiger partial charge in [0.2, 0.25) is 5.88 Å². The van der Waals surface area contributed by atoms with Crippen LogP contribution in [0.1, 0.15) is 21.5 Å². The zero-order valence-corrected chi connectivity index (χ0v) is 13.3. The maximum absolute atomic E-state index is 12.4. The summed E-state index contributed by atoms with van der Waals surface area (Å²) in [6.07, 6.45) is 3.20. The number of pyridine rings is 2. The third-order valence-corrected chi connectivity index (χ3v) is 3.47. The Balaban J connectivity index is 1.68. The predicted molar refractivity (Wildman–Crippen MR) is 91.9 cm³/mol. The highest BCUT2D eigenvalue weighted by Gasteiger charge is 2.10. The molecule has 120 valence electrons. The minimum absolute atomic E-state index is 0.247. The summed E-state index contributed by atoms with van der Waals surface area (Å²) in [5.74, 6) is 0.707. The first-order valence-electron chi connectivity index (χ1n) is 7.58. The van der Waals surface area contributed by atoms with E-state index in [1.807, 2.05) is 49.4 Å². The molecule has 3 aromatic rings. The van der Waals surface area contributed by atoms with Crippen LogP contribution in [0.3, 0.4) is 0 Å². The maximum atomic E-state index is 12.4. The van der Waals surface area contributed by atoms with Crippen molar-refractivity contribution in [1.82, 2.24) is 9.97 Å². The van der Waals surface area contributed by atoms with Gasteiger partial charge in [-0.05, 0) is 30.2 Å². The van der Waals surface area contributed by atoms with Gasteiger partial charge < -0.3 is 10.1 Å². The van der Waals surface area contributed by atoms with E-state index in [0.717, 1.165) is 11.1 Å². The monoisotopic (exact) mass is 319 g/mol. The lowest BCUT2D eigenvalue weighted by atomic mass is 10.2. The number of aromatic nitrogens is 2. The molecule has 5 heteroatoms. The molecule has 1 amide bonds. The molecule has 3 rings (SSSR count). The minimum atomic E-state index is -0.247. The van der Waals surface area contributed by atoms with E-state index in [-0.39, 0.29) is 5.91 Å². The summed E-state index contributed by atoms with van der Waals surface area (Å²) in [5.41, 5.74) is 2.41. The highest BCUT2D eigenvalue weighted by molar-refractivity contribution is 6.04. The molecule has 2 heterocycles. The topological polar surface area (TPSA) is 64.1 Å². The van der Waals surface area contributed by atoms with E-state index >= 15 is 0 Å². The van der Waals surface area contributed by atoms with E-state index < -0.39 is 0 Å². The summed E-state index contributed by atoms with van der Waals surface area (Å²) >= 11 is 0. The lowest BCUT2D eigenvalue weighted by Crippen LogP contribution is -2.14. The molecule has 0 unspecified atom stereocenters. The Bertz CT molecular complexity index is 835. The first kappa shape index (κ1) is 15.7. The minimum Gasteiger partial charge on any atom is -0.473 e. The Morgan fingerprint density at radius 2 is 1.88 bits per heavy atom. The molecule has 0 atom stereocenters. The number of benzene rings is 1. The average Bonchev–Trinajstić information content (AvgIpc) is 2.63. The van der Waals surface area contributed by atoms with Crippen molar-refractivity contribution in [3.8, 4) is 5.88 Å². The molecule has 0 aliphatic heterocycles. The van der Waals surface area contributed by atoms with E-state index in [0.29, 0.717) is 23.9 Å². The smallest absolute Gasteiger partial charge is 0.257 e. The Morgan fingerprint density at radius 1 is 1.04 bits per heavy atom. The molecule has 0 bridgehead atoms. The summed E-state index contributed by atoms with van der Waals surface area (Å²) < 4.78 is 5.65. The summed E-state index contributed by atoms with van der Waals surface area (Å²) in [6, 6.07) is 16.8. The maximum Gasteiger partial charge on any atom is 0.257 e. The van der Waals surface area contributed by atoms with Crippen LogP contribution in [0.25, 0.3) is 0 Å². The fourth-order valence-electron chi connectivity index (χ4n) is 2.16.